The number of nitrogens with one attached hydrogen (secondary N) is 1. The lowest BCUT2D eigenvalue weighted by Crippen LogP contribution is -2.45. The molecule has 92 valence electrons. The van der Waals surface area contributed by atoms with E-state index >= 15 is 0 Å². The van der Waals surface area contributed by atoms with E-state index in [0.29, 0.717) is 0 Å². The highest BCUT2D eigenvalue weighted by Gasteiger charge is 2.40. The van der Waals surface area contributed by atoms with Crippen LogP contribution in [0.25, 0.3) is 0 Å². The number of fused-ring (bicyclic) bond motifs is 1. The van der Waals surface area contributed by atoms with E-state index in [1.165, 1.54) is 18.6 Å². The van der Waals surface area contributed by atoms with Crippen molar-refractivity contribution in [2.75, 3.05) is 5.01 Å². The number of carbonyl (C=O) groups is 1. The van der Waals surface area contributed by atoms with Gasteiger partial charge in [-0.2, -0.15) is 5.10 Å². The van der Waals surface area contributed by atoms with E-state index in [4.69, 9.17) is 0 Å². The van der Waals surface area contributed by atoms with Gasteiger partial charge in [-0.15, -0.1) is 0 Å². The minimum atomic E-state index is -0.742. The van der Waals surface area contributed by atoms with Crippen LogP contribution in [0.5, 0.6) is 0 Å². The largest absolute Gasteiger partial charge is 0.316 e. The number of aliphatic imine (C=N–C) groups is 1. The molecule has 3 rings (SSSR count). The predicted molar refractivity (Wildman–Crippen MR) is 61.2 cm³/mol. The Hall–Kier alpha value is -2.31. The Morgan fingerprint density at radius 3 is 2.72 bits per heavy atom. The molecule has 7 heteroatoms. The molecule has 0 spiro atoms. The summed E-state index contributed by atoms with van der Waals surface area (Å²) in [4.78, 5) is 15.5. The number of amides is 1. The van der Waals surface area contributed by atoms with Crippen molar-refractivity contribution in [1.29, 1.82) is 0 Å². The zero-order valence-electron chi connectivity index (χ0n) is 9.05. The Kier molecular flexibility index (Phi) is 2.32. The first-order valence-electron chi connectivity index (χ1n) is 5.28. The van der Waals surface area contributed by atoms with Crippen LogP contribution in [0, 0.1) is 17.6 Å². The van der Waals surface area contributed by atoms with Crippen LogP contribution in [-0.4, -0.2) is 24.6 Å². The van der Waals surface area contributed by atoms with Gasteiger partial charge in [0.25, 0.3) is 0 Å². The summed E-state index contributed by atoms with van der Waals surface area (Å²) in [5, 5.41) is 7.38. The predicted octanol–water partition coefficient (Wildman–Crippen LogP) is 0.871. The van der Waals surface area contributed by atoms with E-state index in [2.05, 4.69) is 15.4 Å². The molecule has 2 aliphatic rings. The van der Waals surface area contributed by atoms with Gasteiger partial charge in [0.05, 0.1) is 6.34 Å². The van der Waals surface area contributed by atoms with Crippen molar-refractivity contribution < 1.29 is 13.6 Å². The second-order valence-corrected chi connectivity index (χ2v) is 3.91. The van der Waals surface area contributed by atoms with Crippen LogP contribution in [0.15, 0.2) is 28.3 Å². The number of para-hydroxylation sites is 1. The van der Waals surface area contributed by atoms with Gasteiger partial charge in [0.2, 0.25) is 5.91 Å². The summed E-state index contributed by atoms with van der Waals surface area (Å²) in [6, 6.07) is 3.53. The Morgan fingerprint density at radius 2 is 2.00 bits per heavy atom. The van der Waals surface area contributed by atoms with E-state index in [1.807, 2.05) is 0 Å². The summed E-state index contributed by atoms with van der Waals surface area (Å²) in [5.41, 5.74) is -0.298. The van der Waals surface area contributed by atoms with Crippen molar-refractivity contribution in [2.24, 2.45) is 16.0 Å². The van der Waals surface area contributed by atoms with Crippen molar-refractivity contribution in [3.63, 3.8) is 0 Å². The fourth-order valence-electron chi connectivity index (χ4n) is 1.97. The van der Waals surface area contributed by atoms with Crippen LogP contribution in [0.1, 0.15) is 0 Å². The van der Waals surface area contributed by atoms with Gasteiger partial charge in [0, 0.05) is 6.21 Å². The monoisotopic (exact) mass is 250 g/mol. The number of halogens is 2. The smallest absolute Gasteiger partial charge is 0.237 e. The van der Waals surface area contributed by atoms with Crippen molar-refractivity contribution in [2.45, 2.75) is 6.17 Å². The molecule has 0 bridgehead atoms. The third-order valence-corrected chi connectivity index (χ3v) is 2.83. The Balaban J connectivity index is 2.04. The molecule has 2 atom stereocenters. The van der Waals surface area contributed by atoms with Crippen molar-refractivity contribution in [3.05, 3.63) is 29.8 Å². The molecule has 5 nitrogen and oxygen atoms in total. The fourth-order valence-corrected chi connectivity index (χ4v) is 1.97. The van der Waals surface area contributed by atoms with Gasteiger partial charge in [-0.05, 0) is 12.1 Å². The van der Waals surface area contributed by atoms with Gasteiger partial charge in [-0.25, -0.2) is 18.8 Å². The maximum absolute atomic E-state index is 13.7. The average Bonchev–Trinajstić information content (AvgIpc) is 2.75. The number of carbonyl (C=O) groups excluding carboxylic acids is 1. The molecule has 18 heavy (non-hydrogen) atoms. The number of benzene rings is 1. The first-order chi connectivity index (χ1) is 8.68. The molecule has 1 N–H and O–H groups in total. The molecule has 0 saturated carbocycles. The molecule has 1 aromatic rings. The SMILES string of the molecule is O=C1NC=NC2C1C=NN2c1c(F)cccc1F. The van der Waals surface area contributed by atoms with Crippen LogP contribution in [0.4, 0.5) is 14.5 Å². The molecule has 2 heterocycles. The summed E-state index contributed by atoms with van der Waals surface area (Å²) in [6.07, 6.45) is 1.82. The lowest BCUT2D eigenvalue weighted by Gasteiger charge is -2.26. The molecular weight excluding hydrogens is 242 g/mol. The van der Waals surface area contributed by atoms with Gasteiger partial charge in [-0.1, -0.05) is 6.07 Å². The summed E-state index contributed by atoms with van der Waals surface area (Å²) in [5.74, 6) is -2.41. The normalized spacial score (nSPS) is 25.2. The van der Waals surface area contributed by atoms with Gasteiger partial charge in [0.1, 0.15) is 11.6 Å². The Bertz CT molecular complexity index is 552. The quantitative estimate of drug-likeness (QED) is 0.804. The van der Waals surface area contributed by atoms with Crippen LogP contribution in [-0.2, 0) is 4.79 Å². The van der Waals surface area contributed by atoms with Crippen LogP contribution >= 0.6 is 0 Å². The van der Waals surface area contributed by atoms with Gasteiger partial charge in [0.15, 0.2) is 17.8 Å². The highest BCUT2D eigenvalue weighted by Crippen LogP contribution is 2.31. The summed E-state index contributed by atoms with van der Waals surface area (Å²) in [6.45, 7) is 0. The molecular formula is C11H8F2N4O. The van der Waals surface area contributed by atoms with Crippen molar-refractivity contribution >= 4 is 24.1 Å². The third kappa shape index (κ3) is 1.47. The van der Waals surface area contributed by atoms with Crippen molar-refractivity contribution in [3.8, 4) is 0 Å². The Labute approximate surface area is 101 Å². The molecule has 0 aliphatic carbocycles. The zero-order valence-corrected chi connectivity index (χ0v) is 9.05. The molecule has 1 aromatic carbocycles. The summed E-state index contributed by atoms with van der Waals surface area (Å²) >= 11 is 0. The van der Waals surface area contributed by atoms with Crippen molar-refractivity contribution in [1.82, 2.24) is 5.32 Å². The molecule has 0 aromatic heterocycles. The summed E-state index contributed by atoms with van der Waals surface area (Å²) < 4.78 is 27.3. The number of hydrogen-bond donors (Lipinski definition) is 1. The topological polar surface area (TPSA) is 57.1 Å². The third-order valence-electron chi connectivity index (χ3n) is 2.83. The van der Waals surface area contributed by atoms with Gasteiger partial charge in [-0.3, -0.25) is 4.79 Å². The lowest BCUT2D eigenvalue weighted by atomic mass is 10.1. The van der Waals surface area contributed by atoms with E-state index < -0.39 is 23.7 Å². The maximum atomic E-state index is 13.7. The molecule has 2 aliphatic heterocycles. The van der Waals surface area contributed by atoms with Gasteiger partial charge >= 0.3 is 0 Å². The first-order valence-corrected chi connectivity index (χ1v) is 5.28. The van der Waals surface area contributed by atoms with Crippen LogP contribution in [0.2, 0.25) is 0 Å². The minimum Gasteiger partial charge on any atom is -0.316 e. The number of hydrogen-bond acceptors (Lipinski definition) is 4. The first kappa shape index (κ1) is 10.8. The average molecular weight is 250 g/mol. The van der Waals surface area contributed by atoms with Crippen LogP contribution < -0.4 is 10.3 Å². The number of nitrogens with zero attached hydrogens (tertiary/aromatic N) is 3. The van der Waals surface area contributed by atoms with E-state index in [-0.39, 0.29) is 11.6 Å². The number of hydrazone groups is 1. The molecule has 0 radical (unpaired) electrons. The van der Waals surface area contributed by atoms with Crippen LogP contribution in [0.3, 0.4) is 0 Å². The van der Waals surface area contributed by atoms with E-state index in [0.717, 1.165) is 17.1 Å². The summed E-state index contributed by atoms with van der Waals surface area (Å²) in [7, 11) is 0. The second kappa shape index (κ2) is 3.86. The standard InChI is InChI=1S/C11H8F2N4O/c12-7-2-1-3-8(13)9(7)17-10-6(4-16-17)11(18)15-5-14-10/h1-6,10H,(H,14,15,18). The molecule has 0 fully saturated rings. The second-order valence-electron chi connectivity index (χ2n) is 3.91. The number of anilines is 1. The van der Waals surface area contributed by atoms with E-state index in [1.54, 1.807) is 0 Å². The number of rotatable bonds is 1. The zero-order chi connectivity index (χ0) is 12.7. The van der Waals surface area contributed by atoms with E-state index in [9.17, 15) is 13.6 Å². The highest BCUT2D eigenvalue weighted by atomic mass is 19.1. The fraction of sp³-hybridized carbons (Fsp3) is 0.182. The Morgan fingerprint density at radius 1 is 1.28 bits per heavy atom. The maximum Gasteiger partial charge on any atom is 0.237 e. The molecule has 0 saturated heterocycles. The van der Waals surface area contributed by atoms with Gasteiger partial charge < -0.3 is 5.32 Å². The molecule has 1 amide bonds. The minimum absolute atomic E-state index is 0.294. The lowest BCUT2D eigenvalue weighted by molar-refractivity contribution is -0.122. The highest BCUT2D eigenvalue weighted by molar-refractivity contribution is 6.03. The molecule has 2 unspecified atom stereocenters.